The van der Waals surface area contributed by atoms with Crippen molar-refractivity contribution in [3.05, 3.63) is 71.8 Å². The highest BCUT2D eigenvalue weighted by molar-refractivity contribution is 5.21. The van der Waals surface area contributed by atoms with Crippen LogP contribution in [0.2, 0.25) is 0 Å². The molecule has 0 bridgehead atoms. The van der Waals surface area contributed by atoms with E-state index < -0.39 is 36.9 Å². The monoisotopic (exact) mass is 400 g/mol. The van der Waals surface area contributed by atoms with E-state index in [1.54, 1.807) is 14.2 Å². The van der Waals surface area contributed by atoms with E-state index in [1.165, 1.54) is 0 Å². The summed E-state index contributed by atoms with van der Waals surface area (Å²) in [4.78, 5) is 0. The average Bonchev–Trinajstić information content (AvgIpc) is 3.21. The lowest BCUT2D eigenvalue weighted by Gasteiger charge is -2.45. The SMILES string of the molecule is CO[C@H]1O[C@@H]2CO[C@@H](c3ccccc3)O[C@H]2[C@@H]2OC(OC)(c3ccccc3)O[C@H]12. The van der Waals surface area contributed by atoms with Crippen LogP contribution in [0.1, 0.15) is 17.4 Å². The summed E-state index contributed by atoms with van der Waals surface area (Å²) in [6.45, 7) is 0.363. The summed E-state index contributed by atoms with van der Waals surface area (Å²) in [5.41, 5.74) is 1.70. The highest BCUT2D eigenvalue weighted by Gasteiger charge is 2.61. The maximum atomic E-state index is 6.39. The number of rotatable bonds is 4. The molecule has 154 valence electrons. The van der Waals surface area contributed by atoms with Gasteiger partial charge in [0.2, 0.25) is 0 Å². The van der Waals surface area contributed by atoms with Gasteiger partial charge in [0, 0.05) is 25.3 Å². The van der Waals surface area contributed by atoms with Crippen LogP contribution in [0.15, 0.2) is 60.7 Å². The standard InChI is InChI=1S/C22H24O7/c1-23-21-19-18(28-22(24-2,29-19)15-11-7-4-8-12-15)17-16(26-21)13-25-20(27-17)14-9-5-3-6-10-14/h3-12,16-21H,13H2,1-2H3/t16-,17-,18+,19+,20-,21+,22?/m1/s1. The van der Waals surface area contributed by atoms with E-state index in [4.69, 9.17) is 33.2 Å². The van der Waals surface area contributed by atoms with E-state index in [9.17, 15) is 0 Å². The molecule has 0 radical (unpaired) electrons. The van der Waals surface area contributed by atoms with Gasteiger partial charge in [0.15, 0.2) is 12.6 Å². The van der Waals surface area contributed by atoms with Crippen molar-refractivity contribution in [3.63, 3.8) is 0 Å². The molecule has 2 aromatic carbocycles. The molecule has 0 N–H and O–H groups in total. The van der Waals surface area contributed by atoms with Gasteiger partial charge in [-0.25, -0.2) is 0 Å². The quantitative estimate of drug-likeness (QED) is 0.782. The fourth-order valence-electron chi connectivity index (χ4n) is 4.15. The third kappa shape index (κ3) is 3.29. The molecule has 3 aliphatic heterocycles. The van der Waals surface area contributed by atoms with Gasteiger partial charge in [0.05, 0.1) is 6.61 Å². The number of fused-ring (bicyclic) bond motifs is 3. The van der Waals surface area contributed by atoms with Gasteiger partial charge in [-0.3, -0.25) is 0 Å². The van der Waals surface area contributed by atoms with Crippen LogP contribution < -0.4 is 0 Å². The van der Waals surface area contributed by atoms with Crippen molar-refractivity contribution in [3.8, 4) is 0 Å². The van der Waals surface area contributed by atoms with Crippen LogP contribution in [-0.2, 0) is 39.1 Å². The van der Waals surface area contributed by atoms with Gasteiger partial charge in [-0.05, 0) is 0 Å². The average molecular weight is 400 g/mol. The molecule has 0 aliphatic carbocycles. The Labute approximate surface area is 169 Å². The van der Waals surface area contributed by atoms with Gasteiger partial charge in [-0.2, -0.15) is 0 Å². The van der Waals surface area contributed by atoms with Crippen molar-refractivity contribution < 1.29 is 33.2 Å². The van der Waals surface area contributed by atoms with Crippen LogP contribution in [0.3, 0.4) is 0 Å². The Bertz CT molecular complexity index is 816. The predicted octanol–water partition coefficient (Wildman–Crippen LogP) is 2.71. The summed E-state index contributed by atoms with van der Waals surface area (Å²) in [7, 11) is 3.14. The minimum absolute atomic E-state index is 0.340. The van der Waals surface area contributed by atoms with Gasteiger partial charge in [0.1, 0.15) is 24.4 Å². The zero-order chi connectivity index (χ0) is 19.8. The molecule has 0 aromatic heterocycles. The van der Waals surface area contributed by atoms with E-state index in [0.717, 1.165) is 11.1 Å². The van der Waals surface area contributed by atoms with Crippen molar-refractivity contribution in [1.29, 1.82) is 0 Å². The molecule has 1 unspecified atom stereocenters. The van der Waals surface area contributed by atoms with Crippen LogP contribution >= 0.6 is 0 Å². The lowest BCUT2D eigenvalue weighted by molar-refractivity contribution is -0.350. The summed E-state index contributed by atoms with van der Waals surface area (Å²) in [6.07, 6.45) is -2.83. The Balaban J connectivity index is 1.45. The van der Waals surface area contributed by atoms with Gasteiger partial charge >= 0.3 is 5.97 Å². The predicted molar refractivity (Wildman–Crippen MR) is 101 cm³/mol. The van der Waals surface area contributed by atoms with Crippen LogP contribution in [0.4, 0.5) is 0 Å². The second kappa shape index (κ2) is 7.77. The number of hydrogen-bond acceptors (Lipinski definition) is 7. The Hall–Kier alpha value is -1.84. The van der Waals surface area contributed by atoms with Crippen molar-refractivity contribution in [2.24, 2.45) is 0 Å². The molecule has 3 aliphatic rings. The summed E-state index contributed by atoms with van der Waals surface area (Å²) in [5, 5.41) is 0. The third-order valence-electron chi connectivity index (χ3n) is 5.57. The maximum Gasteiger partial charge on any atom is 0.312 e. The Morgan fingerprint density at radius 1 is 0.828 bits per heavy atom. The normalized spacial score (nSPS) is 39.0. The van der Waals surface area contributed by atoms with E-state index in [1.807, 2.05) is 60.7 Å². The van der Waals surface area contributed by atoms with E-state index in [-0.39, 0.29) is 6.10 Å². The molecule has 3 heterocycles. The number of ether oxygens (including phenoxy) is 7. The van der Waals surface area contributed by atoms with Gasteiger partial charge < -0.3 is 33.2 Å². The van der Waals surface area contributed by atoms with Gasteiger partial charge in [0.25, 0.3) is 0 Å². The van der Waals surface area contributed by atoms with Crippen LogP contribution in [0.25, 0.3) is 0 Å². The van der Waals surface area contributed by atoms with Gasteiger partial charge in [-0.15, -0.1) is 0 Å². The minimum Gasteiger partial charge on any atom is -0.353 e. The molecule has 7 nitrogen and oxygen atoms in total. The highest BCUT2D eigenvalue weighted by atomic mass is 16.9. The molecule has 29 heavy (non-hydrogen) atoms. The Morgan fingerprint density at radius 3 is 2.21 bits per heavy atom. The van der Waals surface area contributed by atoms with Crippen molar-refractivity contribution in [2.75, 3.05) is 20.8 Å². The molecule has 3 fully saturated rings. The molecule has 0 saturated carbocycles. The number of methoxy groups -OCH3 is 2. The van der Waals surface area contributed by atoms with Crippen LogP contribution in [-0.4, -0.2) is 51.5 Å². The smallest absolute Gasteiger partial charge is 0.312 e. The second-order valence-electron chi connectivity index (χ2n) is 7.25. The lowest BCUT2D eigenvalue weighted by Crippen LogP contribution is -2.61. The van der Waals surface area contributed by atoms with E-state index >= 15 is 0 Å². The van der Waals surface area contributed by atoms with E-state index in [2.05, 4.69) is 0 Å². The topological polar surface area (TPSA) is 64.6 Å². The molecule has 7 atom stereocenters. The second-order valence-corrected chi connectivity index (χ2v) is 7.25. The summed E-state index contributed by atoms with van der Waals surface area (Å²) >= 11 is 0. The largest absolute Gasteiger partial charge is 0.353 e. The lowest BCUT2D eigenvalue weighted by atomic mass is 9.98. The van der Waals surface area contributed by atoms with Crippen molar-refractivity contribution in [2.45, 2.75) is 43.0 Å². The first-order valence-corrected chi connectivity index (χ1v) is 9.70. The molecule has 2 aromatic rings. The summed E-state index contributed by atoms with van der Waals surface area (Å²) in [5.74, 6) is -1.35. The van der Waals surface area contributed by atoms with Crippen LogP contribution in [0, 0.1) is 0 Å². The number of benzene rings is 2. The first-order valence-electron chi connectivity index (χ1n) is 9.70. The summed E-state index contributed by atoms with van der Waals surface area (Å²) in [6, 6.07) is 19.4. The first-order chi connectivity index (χ1) is 14.2. The Morgan fingerprint density at radius 2 is 1.52 bits per heavy atom. The molecule has 7 heteroatoms. The first kappa shape index (κ1) is 19.1. The fraction of sp³-hybridized carbons (Fsp3) is 0.455. The molecule has 3 saturated heterocycles. The zero-order valence-corrected chi connectivity index (χ0v) is 16.3. The fourth-order valence-corrected chi connectivity index (χ4v) is 4.15. The highest BCUT2D eigenvalue weighted by Crippen LogP contribution is 2.46. The number of hydrogen-bond donors (Lipinski definition) is 0. The molecular formula is C22H24O7. The van der Waals surface area contributed by atoms with E-state index in [0.29, 0.717) is 6.61 Å². The van der Waals surface area contributed by atoms with Gasteiger partial charge in [-0.1, -0.05) is 60.7 Å². The molecule has 0 spiro atoms. The molecule has 0 amide bonds. The van der Waals surface area contributed by atoms with Crippen LogP contribution in [0.5, 0.6) is 0 Å². The maximum absolute atomic E-state index is 6.39. The Kier molecular flexibility index (Phi) is 5.13. The molecule has 5 rings (SSSR count). The van der Waals surface area contributed by atoms with Crippen molar-refractivity contribution >= 4 is 0 Å². The third-order valence-corrected chi connectivity index (χ3v) is 5.57. The molecular weight excluding hydrogens is 376 g/mol. The zero-order valence-electron chi connectivity index (χ0n) is 16.3. The van der Waals surface area contributed by atoms with Crippen molar-refractivity contribution in [1.82, 2.24) is 0 Å². The minimum atomic E-state index is -1.35. The summed E-state index contributed by atoms with van der Waals surface area (Å²) < 4.78 is 42.2.